The molecule has 2 N–H and O–H groups in total. The average Bonchev–Trinajstić information content (AvgIpc) is 2.90. The third kappa shape index (κ3) is 4.74. The van der Waals surface area contributed by atoms with E-state index in [2.05, 4.69) is 34.3 Å². The molecule has 0 saturated carbocycles. The van der Waals surface area contributed by atoms with Gasteiger partial charge in [-0.05, 0) is 75.2 Å². The molecule has 1 amide bonds. The van der Waals surface area contributed by atoms with Gasteiger partial charge in [0.1, 0.15) is 5.82 Å². The summed E-state index contributed by atoms with van der Waals surface area (Å²) in [5.41, 5.74) is 5.42. The predicted octanol–water partition coefficient (Wildman–Crippen LogP) is 4.08. The van der Waals surface area contributed by atoms with E-state index in [0.29, 0.717) is 0 Å². The minimum Gasteiger partial charge on any atom is -0.342 e. The zero-order valence-electron chi connectivity index (χ0n) is 16.8. The average molecular weight is 435 g/mol. The summed E-state index contributed by atoms with van der Waals surface area (Å²) in [6, 6.07) is 14.0. The molecule has 7 heteroatoms. The summed E-state index contributed by atoms with van der Waals surface area (Å²) in [7, 11) is 0. The standard InChI is InChI=1S/C22H26N4O.2ClH/c1-3-26-20-7-5-4-6-19(20)25-21(26)15(2)24-22(27)18-9-8-16-10-12-23-13-11-17(16)14-18;;/h4-9,14-15,23H,3,10-13H2,1-2H3,(H,24,27);2*1H. The molecule has 1 aliphatic heterocycles. The van der Waals surface area contributed by atoms with Gasteiger partial charge in [-0.3, -0.25) is 4.79 Å². The molecule has 4 rings (SSSR count). The molecule has 2 heterocycles. The van der Waals surface area contributed by atoms with Crippen molar-refractivity contribution in [1.82, 2.24) is 20.2 Å². The van der Waals surface area contributed by atoms with Crippen molar-refractivity contribution in [3.8, 4) is 0 Å². The topological polar surface area (TPSA) is 59.0 Å². The number of aromatic nitrogens is 2. The van der Waals surface area contributed by atoms with E-state index in [9.17, 15) is 4.79 Å². The molecule has 0 aliphatic carbocycles. The van der Waals surface area contributed by atoms with Gasteiger partial charge < -0.3 is 15.2 Å². The van der Waals surface area contributed by atoms with Crippen LogP contribution >= 0.6 is 24.8 Å². The monoisotopic (exact) mass is 434 g/mol. The van der Waals surface area contributed by atoms with Crippen LogP contribution in [0.2, 0.25) is 0 Å². The lowest BCUT2D eigenvalue weighted by Crippen LogP contribution is -2.28. The number of carbonyl (C=O) groups is 1. The fourth-order valence-corrected chi connectivity index (χ4v) is 3.92. The molecule has 0 fully saturated rings. The number of aryl methyl sites for hydroxylation is 1. The van der Waals surface area contributed by atoms with Crippen LogP contribution in [-0.2, 0) is 19.4 Å². The van der Waals surface area contributed by atoms with Gasteiger partial charge in [0.15, 0.2) is 0 Å². The SMILES string of the molecule is CCn1c(C(C)NC(=O)c2ccc3c(c2)CCNCC3)nc2ccccc21.Cl.Cl. The lowest BCUT2D eigenvalue weighted by atomic mass is 9.99. The fraction of sp³-hybridized carbons (Fsp3) is 0.364. The van der Waals surface area contributed by atoms with Crippen molar-refractivity contribution in [3.05, 3.63) is 65.0 Å². The first kappa shape index (κ1) is 23.2. The van der Waals surface area contributed by atoms with Gasteiger partial charge in [0.2, 0.25) is 0 Å². The normalized spacial score (nSPS) is 14.1. The van der Waals surface area contributed by atoms with E-state index in [1.807, 2.05) is 37.3 Å². The van der Waals surface area contributed by atoms with Gasteiger partial charge in [0.05, 0.1) is 17.1 Å². The molecule has 2 aromatic carbocycles. The highest BCUT2D eigenvalue weighted by Crippen LogP contribution is 2.21. The van der Waals surface area contributed by atoms with Crippen LogP contribution in [0, 0.1) is 0 Å². The quantitative estimate of drug-likeness (QED) is 0.650. The minimum absolute atomic E-state index is 0. The third-order valence-electron chi connectivity index (χ3n) is 5.35. The lowest BCUT2D eigenvalue weighted by molar-refractivity contribution is 0.0937. The van der Waals surface area contributed by atoms with Crippen LogP contribution in [0.5, 0.6) is 0 Å². The van der Waals surface area contributed by atoms with Crippen LogP contribution in [0.15, 0.2) is 42.5 Å². The summed E-state index contributed by atoms with van der Waals surface area (Å²) in [5, 5.41) is 6.54. The second-order valence-electron chi connectivity index (χ2n) is 7.13. The van der Waals surface area contributed by atoms with Crippen molar-refractivity contribution in [2.75, 3.05) is 13.1 Å². The zero-order chi connectivity index (χ0) is 18.8. The smallest absolute Gasteiger partial charge is 0.251 e. The number of nitrogens with zero attached hydrogens (tertiary/aromatic N) is 2. The maximum atomic E-state index is 12.9. The Kier molecular flexibility index (Phi) is 8.08. The van der Waals surface area contributed by atoms with Crippen molar-refractivity contribution in [2.45, 2.75) is 39.3 Å². The largest absolute Gasteiger partial charge is 0.342 e. The Morgan fingerprint density at radius 2 is 1.86 bits per heavy atom. The van der Waals surface area contributed by atoms with E-state index >= 15 is 0 Å². The van der Waals surface area contributed by atoms with Crippen molar-refractivity contribution in [1.29, 1.82) is 0 Å². The van der Waals surface area contributed by atoms with Crippen molar-refractivity contribution >= 4 is 41.8 Å². The molecule has 0 bridgehead atoms. The molecule has 156 valence electrons. The summed E-state index contributed by atoms with van der Waals surface area (Å²) in [6.45, 7) is 6.89. The summed E-state index contributed by atoms with van der Waals surface area (Å²) in [6.07, 6.45) is 1.99. The van der Waals surface area contributed by atoms with Crippen LogP contribution in [0.3, 0.4) is 0 Å². The number of nitrogens with one attached hydrogen (secondary N) is 2. The summed E-state index contributed by atoms with van der Waals surface area (Å²) >= 11 is 0. The Morgan fingerprint density at radius 1 is 1.14 bits per heavy atom. The molecule has 1 unspecified atom stereocenters. The molecule has 3 aromatic rings. The molecule has 1 atom stereocenters. The van der Waals surface area contributed by atoms with Gasteiger partial charge in [-0.2, -0.15) is 0 Å². The number of carbonyl (C=O) groups excluding carboxylic acids is 1. The number of rotatable bonds is 4. The fourth-order valence-electron chi connectivity index (χ4n) is 3.92. The first-order chi connectivity index (χ1) is 13.2. The van der Waals surface area contributed by atoms with E-state index < -0.39 is 0 Å². The van der Waals surface area contributed by atoms with Crippen molar-refractivity contribution in [3.63, 3.8) is 0 Å². The molecule has 5 nitrogen and oxygen atoms in total. The Balaban J connectivity index is 0.00000150. The van der Waals surface area contributed by atoms with Crippen molar-refractivity contribution < 1.29 is 4.79 Å². The third-order valence-corrected chi connectivity index (χ3v) is 5.35. The molecule has 0 radical (unpaired) electrons. The van der Waals surface area contributed by atoms with Gasteiger partial charge in [-0.15, -0.1) is 24.8 Å². The molecule has 1 aliphatic rings. The van der Waals surface area contributed by atoms with Crippen molar-refractivity contribution in [2.24, 2.45) is 0 Å². The maximum Gasteiger partial charge on any atom is 0.251 e. The Hall–Kier alpha value is -2.08. The molecule has 1 aromatic heterocycles. The van der Waals surface area contributed by atoms with E-state index in [1.165, 1.54) is 11.1 Å². The van der Waals surface area contributed by atoms with Gasteiger partial charge in [0.25, 0.3) is 5.91 Å². The zero-order valence-corrected chi connectivity index (χ0v) is 18.4. The first-order valence-electron chi connectivity index (χ1n) is 9.76. The molecule has 29 heavy (non-hydrogen) atoms. The second-order valence-corrected chi connectivity index (χ2v) is 7.13. The number of para-hydroxylation sites is 2. The van der Waals surface area contributed by atoms with Crippen LogP contribution < -0.4 is 10.6 Å². The summed E-state index contributed by atoms with van der Waals surface area (Å²) in [4.78, 5) is 17.6. The maximum absolute atomic E-state index is 12.9. The van der Waals surface area contributed by atoms with E-state index in [1.54, 1.807) is 0 Å². The number of benzene rings is 2. The Bertz CT molecular complexity index is 986. The number of hydrogen-bond donors (Lipinski definition) is 2. The number of halogens is 2. The number of amides is 1. The second kappa shape index (κ2) is 10.1. The highest BCUT2D eigenvalue weighted by Gasteiger charge is 2.19. The van der Waals surface area contributed by atoms with E-state index in [0.717, 1.165) is 54.9 Å². The number of hydrogen-bond acceptors (Lipinski definition) is 3. The predicted molar refractivity (Wildman–Crippen MR) is 123 cm³/mol. The lowest BCUT2D eigenvalue weighted by Gasteiger charge is -2.16. The Labute approximate surface area is 184 Å². The minimum atomic E-state index is -0.162. The van der Waals surface area contributed by atoms with Crippen LogP contribution in [-0.4, -0.2) is 28.5 Å². The number of imidazole rings is 1. The van der Waals surface area contributed by atoms with Gasteiger partial charge in [-0.1, -0.05) is 18.2 Å². The summed E-state index contributed by atoms with van der Waals surface area (Å²) < 4.78 is 2.17. The highest BCUT2D eigenvalue weighted by molar-refractivity contribution is 5.94. The van der Waals surface area contributed by atoms with Gasteiger partial charge in [0, 0.05) is 12.1 Å². The first-order valence-corrected chi connectivity index (χ1v) is 9.76. The van der Waals surface area contributed by atoms with Crippen LogP contribution in [0.1, 0.15) is 47.2 Å². The van der Waals surface area contributed by atoms with Gasteiger partial charge >= 0.3 is 0 Å². The molecular weight excluding hydrogens is 407 g/mol. The molecule has 0 spiro atoms. The Morgan fingerprint density at radius 3 is 2.62 bits per heavy atom. The van der Waals surface area contributed by atoms with E-state index in [-0.39, 0.29) is 36.8 Å². The highest BCUT2D eigenvalue weighted by atomic mass is 35.5. The number of fused-ring (bicyclic) bond motifs is 2. The van der Waals surface area contributed by atoms with Crippen LogP contribution in [0.25, 0.3) is 11.0 Å². The van der Waals surface area contributed by atoms with Gasteiger partial charge in [-0.25, -0.2) is 4.98 Å². The molecule has 0 saturated heterocycles. The molecular formula is C22H28Cl2N4O. The van der Waals surface area contributed by atoms with E-state index in [4.69, 9.17) is 4.98 Å². The summed E-state index contributed by atoms with van der Waals surface area (Å²) in [5.74, 6) is 0.850. The van der Waals surface area contributed by atoms with Crippen LogP contribution in [0.4, 0.5) is 0 Å².